The van der Waals surface area contributed by atoms with Crippen LogP contribution in [0.5, 0.6) is 5.75 Å². The van der Waals surface area contributed by atoms with Crippen LogP contribution in [0.15, 0.2) is 30.9 Å². The Morgan fingerprint density at radius 1 is 1.16 bits per heavy atom. The lowest BCUT2D eigenvalue weighted by Gasteiger charge is -2.32. The van der Waals surface area contributed by atoms with E-state index in [9.17, 15) is 5.11 Å². The summed E-state index contributed by atoms with van der Waals surface area (Å²) in [6.45, 7) is 11.8. The number of allylic oxidation sites excluding steroid dienone is 1. The molecule has 3 nitrogen and oxygen atoms in total. The Bertz CT molecular complexity index is 478. The van der Waals surface area contributed by atoms with Crippen molar-refractivity contribution in [2.24, 2.45) is 0 Å². The van der Waals surface area contributed by atoms with Crippen molar-refractivity contribution in [1.82, 2.24) is 0 Å². The Kier molecular flexibility index (Phi) is 3.50. The van der Waals surface area contributed by atoms with Crippen LogP contribution < -0.4 is 5.46 Å². The molecule has 0 bridgehead atoms. The van der Waals surface area contributed by atoms with Crippen LogP contribution in [-0.2, 0) is 15.7 Å². The topological polar surface area (TPSA) is 38.7 Å². The fourth-order valence-electron chi connectivity index (χ4n) is 2.10. The molecule has 1 saturated heterocycles. The van der Waals surface area contributed by atoms with Crippen LogP contribution in [0.3, 0.4) is 0 Å². The smallest absolute Gasteiger partial charge is 0.494 e. The number of rotatable bonds is 3. The van der Waals surface area contributed by atoms with E-state index in [2.05, 4.69) is 6.58 Å². The van der Waals surface area contributed by atoms with Gasteiger partial charge in [0.05, 0.1) is 11.2 Å². The number of hydrogen-bond acceptors (Lipinski definition) is 3. The predicted octanol–water partition coefficient (Wildman–Crippen LogP) is 2.42. The number of benzene rings is 1. The summed E-state index contributed by atoms with van der Waals surface area (Å²) in [5.74, 6) is 0.226. The van der Waals surface area contributed by atoms with Crippen LogP contribution >= 0.6 is 0 Å². The van der Waals surface area contributed by atoms with E-state index in [-0.39, 0.29) is 17.0 Å². The van der Waals surface area contributed by atoms with E-state index in [4.69, 9.17) is 9.31 Å². The van der Waals surface area contributed by atoms with Crippen LogP contribution in [-0.4, -0.2) is 23.4 Å². The second-order valence-electron chi connectivity index (χ2n) is 6.01. The van der Waals surface area contributed by atoms with E-state index in [1.165, 1.54) is 0 Å². The summed E-state index contributed by atoms with van der Waals surface area (Å²) in [6, 6.07) is 5.41. The third-order valence-corrected chi connectivity index (χ3v) is 3.91. The molecule has 1 N–H and O–H groups in total. The Morgan fingerprint density at radius 2 is 1.74 bits per heavy atom. The van der Waals surface area contributed by atoms with Gasteiger partial charge in [-0.3, -0.25) is 0 Å². The summed E-state index contributed by atoms with van der Waals surface area (Å²) < 4.78 is 12.0. The first kappa shape index (κ1) is 14.2. The van der Waals surface area contributed by atoms with Gasteiger partial charge in [-0.1, -0.05) is 12.1 Å². The van der Waals surface area contributed by atoms with E-state index >= 15 is 0 Å². The largest absolute Gasteiger partial charge is 0.508 e. The molecule has 0 aliphatic carbocycles. The minimum atomic E-state index is -0.444. The van der Waals surface area contributed by atoms with E-state index < -0.39 is 7.12 Å². The van der Waals surface area contributed by atoms with E-state index in [1.807, 2.05) is 39.8 Å². The van der Waals surface area contributed by atoms with Crippen molar-refractivity contribution in [1.29, 1.82) is 0 Å². The van der Waals surface area contributed by atoms with E-state index in [0.717, 1.165) is 11.0 Å². The van der Waals surface area contributed by atoms with Crippen LogP contribution in [0.4, 0.5) is 0 Å². The Balaban J connectivity index is 2.31. The molecule has 1 aliphatic rings. The predicted molar refractivity (Wildman–Crippen MR) is 77.7 cm³/mol. The zero-order chi connectivity index (χ0) is 14.3. The van der Waals surface area contributed by atoms with Gasteiger partial charge < -0.3 is 14.4 Å². The first-order valence-electron chi connectivity index (χ1n) is 6.54. The molecule has 1 heterocycles. The zero-order valence-corrected chi connectivity index (χ0v) is 12.1. The average Bonchev–Trinajstić information content (AvgIpc) is 2.48. The minimum Gasteiger partial charge on any atom is -0.508 e. The normalized spacial score (nSPS) is 20.5. The summed E-state index contributed by atoms with van der Waals surface area (Å²) in [4.78, 5) is 0. The van der Waals surface area contributed by atoms with Crippen LogP contribution in [0, 0.1) is 0 Å². The van der Waals surface area contributed by atoms with Gasteiger partial charge in [0.25, 0.3) is 0 Å². The molecular formula is C15H21BO3. The van der Waals surface area contributed by atoms with Gasteiger partial charge in [0, 0.05) is 0 Å². The van der Waals surface area contributed by atoms with Crippen LogP contribution in [0.1, 0.15) is 33.3 Å². The SMILES string of the molecule is C=CCc1cc(O)cc(B2OC(C)(C)C(C)(C)O2)c1. The van der Waals surface area contributed by atoms with Crippen molar-refractivity contribution in [3.8, 4) is 5.75 Å². The molecule has 2 rings (SSSR count). The Morgan fingerprint density at radius 3 is 2.26 bits per heavy atom. The molecule has 1 aromatic rings. The number of phenols is 1. The molecule has 0 radical (unpaired) electrons. The highest BCUT2D eigenvalue weighted by atomic mass is 16.7. The molecule has 0 atom stereocenters. The number of aromatic hydroxyl groups is 1. The summed E-state index contributed by atoms with van der Waals surface area (Å²) >= 11 is 0. The summed E-state index contributed by atoms with van der Waals surface area (Å²) in [5, 5.41) is 9.80. The second-order valence-corrected chi connectivity index (χ2v) is 6.01. The fraction of sp³-hybridized carbons (Fsp3) is 0.467. The molecule has 1 aliphatic heterocycles. The highest BCUT2D eigenvalue weighted by molar-refractivity contribution is 6.62. The van der Waals surface area contributed by atoms with Crippen molar-refractivity contribution >= 4 is 12.6 Å². The highest BCUT2D eigenvalue weighted by Crippen LogP contribution is 2.36. The van der Waals surface area contributed by atoms with Crippen molar-refractivity contribution < 1.29 is 14.4 Å². The fourth-order valence-corrected chi connectivity index (χ4v) is 2.10. The maximum absolute atomic E-state index is 9.80. The molecule has 0 unspecified atom stereocenters. The monoisotopic (exact) mass is 260 g/mol. The van der Waals surface area contributed by atoms with Gasteiger partial charge in [-0.05, 0) is 57.3 Å². The zero-order valence-electron chi connectivity index (χ0n) is 12.1. The molecule has 1 aromatic carbocycles. The van der Waals surface area contributed by atoms with Gasteiger partial charge >= 0.3 is 7.12 Å². The molecular weight excluding hydrogens is 239 g/mol. The van der Waals surface area contributed by atoms with Gasteiger partial charge in [0.15, 0.2) is 0 Å². The molecule has 0 spiro atoms. The molecule has 4 heteroatoms. The second kappa shape index (κ2) is 4.69. The molecule has 0 amide bonds. The summed E-state index contributed by atoms with van der Waals surface area (Å²) in [7, 11) is -0.444. The summed E-state index contributed by atoms with van der Waals surface area (Å²) in [6.07, 6.45) is 2.52. The summed E-state index contributed by atoms with van der Waals surface area (Å²) in [5.41, 5.74) is 1.10. The standard InChI is InChI=1S/C15H21BO3/c1-6-7-11-8-12(10-13(17)9-11)16-18-14(2,3)15(4,5)19-16/h6,8-10,17H,1,7H2,2-5H3. The lowest BCUT2D eigenvalue weighted by Crippen LogP contribution is -2.41. The van der Waals surface area contributed by atoms with Gasteiger partial charge in [-0.2, -0.15) is 0 Å². The molecule has 0 aromatic heterocycles. The lowest BCUT2D eigenvalue weighted by molar-refractivity contribution is 0.00578. The van der Waals surface area contributed by atoms with E-state index in [1.54, 1.807) is 12.1 Å². The Labute approximate surface area is 115 Å². The molecule has 1 fully saturated rings. The van der Waals surface area contributed by atoms with Crippen molar-refractivity contribution in [2.45, 2.75) is 45.3 Å². The van der Waals surface area contributed by atoms with Crippen molar-refractivity contribution in [2.75, 3.05) is 0 Å². The number of phenolic OH excluding ortho intramolecular Hbond substituents is 1. The van der Waals surface area contributed by atoms with Crippen LogP contribution in [0.25, 0.3) is 0 Å². The maximum atomic E-state index is 9.80. The van der Waals surface area contributed by atoms with Gasteiger partial charge in [0.1, 0.15) is 5.75 Å². The third kappa shape index (κ3) is 2.70. The highest BCUT2D eigenvalue weighted by Gasteiger charge is 2.51. The first-order chi connectivity index (χ1) is 8.75. The maximum Gasteiger partial charge on any atom is 0.494 e. The van der Waals surface area contributed by atoms with Crippen molar-refractivity contribution in [3.05, 3.63) is 36.4 Å². The first-order valence-corrected chi connectivity index (χ1v) is 6.54. The van der Waals surface area contributed by atoms with E-state index in [0.29, 0.717) is 6.42 Å². The third-order valence-electron chi connectivity index (χ3n) is 3.91. The molecule has 0 saturated carbocycles. The quantitative estimate of drug-likeness (QED) is 0.670. The lowest BCUT2D eigenvalue weighted by atomic mass is 9.78. The Hall–Kier alpha value is -1.26. The van der Waals surface area contributed by atoms with Gasteiger partial charge in [-0.25, -0.2) is 0 Å². The minimum absolute atomic E-state index is 0.226. The van der Waals surface area contributed by atoms with Gasteiger partial charge in [-0.15, -0.1) is 6.58 Å². The molecule has 102 valence electrons. The molecule has 19 heavy (non-hydrogen) atoms. The average molecular weight is 260 g/mol. The van der Waals surface area contributed by atoms with Crippen LogP contribution in [0.2, 0.25) is 0 Å². The van der Waals surface area contributed by atoms with Gasteiger partial charge in [0.2, 0.25) is 0 Å². The number of hydrogen-bond donors (Lipinski definition) is 1. The van der Waals surface area contributed by atoms with Crippen molar-refractivity contribution in [3.63, 3.8) is 0 Å².